The monoisotopic (exact) mass is 329 g/mol. The van der Waals surface area contributed by atoms with Crippen LogP contribution in [-0.2, 0) is 14.8 Å². The molecular weight excluding hydrogens is 309 g/mol. The molecule has 1 amide bonds. The fourth-order valence-corrected chi connectivity index (χ4v) is 3.40. The second kappa shape index (κ2) is 7.66. The van der Waals surface area contributed by atoms with Crippen LogP contribution in [0.4, 0.5) is 4.39 Å². The highest BCUT2D eigenvalue weighted by Gasteiger charge is 2.18. The molecule has 0 aromatic heterocycles. The highest BCUT2D eigenvalue weighted by Crippen LogP contribution is 2.12. The third-order valence-corrected chi connectivity index (χ3v) is 4.97. The van der Waals surface area contributed by atoms with Crippen molar-refractivity contribution in [2.24, 2.45) is 0 Å². The zero-order valence-corrected chi connectivity index (χ0v) is 13.0. The molecule has 122 valence electrons. The fraction of sp³-hybridized carbons (Fsp3) is 0.500. The lowest BCUT2D eigenvalue weighted by atomic mass is 10.2. The lowest BCUT2D eigenvalue weighted by Crippen LogP contribution is -2.38. The summed E-state index contributed by atoms with van der Waals surface area (Å²) in [6, 6.07) is 5.41. The van der Waals surface area contributed by atoms with E-state index in [1.165, 1.54) is 18.2 Å². The van der Waals surface area contributed by atoms with E-state index in [0.717, 1.165) is 25.5 Å². The van der Waals surface area contributed by atoms with Crippen molar-refractivity contribution >= 4 is 15.9 Å². The minimum Gasteiger partial charge on any atom is -0.354 e. The van der Waals surface area contributed by atoms with E-state index in [0.29, 0.717) is 12.6 Å². The first-order chi connectivity index (χ1) is 10.5. The molecule has 1 fully saturated rings. The summed E-state index contributed by atoms with van der Waals surface area (Å²) in [4.78, 5) is 11.2. The minimum atomic E-state index is -3.93. The molecular formula is C14H20FN3O3S. The number of benzene rings is 1. The van der Waals surface area contributed by atoms with Gasteiger partial charge in [-0.05, 0) is 31.5 Å². The van der Waals surface area contributed by atoms with Crippen LogP contribution in [0.2, 0.25) is 0 Å². The van der Waals surface area contributed by atoms with Crippen molar-refractivity contribution in [1.29, 1.82) is 0 Å². The van der Waals surface area contributed by atoms with Crippen LogP contribution >= 0.6 is 0 Å². The van der Waals surface area contributed by atoms with Crippen LogP contribution < -0.4 is 15.4 Å². The van der Waals surface area contributed by atoms with E-state index in [9.17, 15) is 17.6 Å². The molecule has 0 spiro atoms. The third kappa shape index (κ3) is 4.75. The molecule has 6 nitrogen and oxygen atoms in total. The fourth-order valence-electron chi connectivity index (χ4n) is 2.30. The maximum absolute atomic E-state index is 13.5. The average molecular weight is 329 g/mol. The van der Waals surface area contributed by atoms with Crippen LogP contribution in [-0.4, -0.2) is 40.0 Å². The Kier molecular flexibility index (Phi) is 5.87. The molecule has 0 bridgehead atoms. The van der Waals surface area contributed by atoms with E-state index in [4.69, 9.17) is 0 Å². The van der Waals surface area contributed by atoms with Crippen LogP contribution in [0.5, 0.6) is 0 Å². The highest BCUT2D eigenvalue weighted by molar-refractivity contribution is 7.89. The molecule has 1 unspecified atom stereocenters. The van der Waals surface area contributed by atoms with Crippen LogP contribution in [0.1, 0.15) is 19.3 Å². The van der Waals surface area contributed by atoms with Gasteiger partial charge in [-0.3, -0.25) is 4.79 Å². The quantitative estimate of drug-likeness (QED) is 0.674. The Labute approximate surface area is 129 Å². The first-order valence-electron chi connectivity index (χ1n) is 7.23. The Hall–Kier alpha value is -1.51. The second-order valence-electron chi connectivity index (χ2n) is 5.18. The number of sulfonamides is 1. The number of hydrogen-bond acceptors (Lipinski definition) is 4. The molecule has 1 aromatic rings. The lowest BCUT2D eigenvalue weighted by Gasteiger charge is -2.12. The molecule has 1 aliphatic heterocycles. The molecule has 22 heavy (non-hydrogen) atoms. The van der Waals surface area contributed by atoms with Gasteiger partial charge in [0.15, 0.2) is 0 Å². The van der Waals surface area contributed by atoms with Gasteiger partial charge in [-0.2, -0.15) is 0 Å². The van der Waals surface area contributed by atoms with Crippen LogP contribution in [0.15, 0.2) is 29.2 Å². The van der Waals surface area contributed by atoms with Gasteiger partial charge in [0.2, 0.25) is 15.9 Å². The standard InChI is InChI=1S/C14H20FN3O3S/c15-12-5-1-2-6-13(12)22(20,21)18-9-7-14(19)17-10-11-4-3-8-16-11/h1-2,5-6,11,16,18H,3-4,7-10H2,(H,17,19). The zero-order chi connectivity index (χ0) is 16.0. The van der Waals surface area contributed by atoms with Crippen molar-refractivity contribution in [3.63, 3.8) is 0 Å². The Morgan fingerprint density at radius 1 is 1.36 bits per heavy atom. The average Bonchev–Trinajstić information content (AvgIpc) is 2.98. The lowest BCUT2D eigenvalue weighted by molar-refractivity contribution is -0.121. The maximum Gasteiger partial charge on any atom is 0.243 e. The molecule has 2 rings (SSSR count). The van der Waals surface area contributed by atoms with Gasteiger partial charge < -0.3 is 10.6 Å². The zero-order valence-electron chi connectivity index (χ0n) is 12.1. The van der Waals surface area contributed by atoms with Crippen LogP contribution in [0.25, 0.3) is 0 Å². The molecule has 8 heteroatoms. The van der Waals surface area contributed by atoms with E-state index < -0.39 is 20.7 Å². The third-order valence-electron chi connectivity index (χ3n) is 3.48. The van der Waals surface area contributed by atoms with Gasteiger partial charge in [-0.15, -0.1) is 0 Å². The molecule has 0 radical (unpaired) electrons. The number of nitrogens with one attached hydrogen (secondary N) is 3. The SMILES string of the molecule is O=C(CCNS(=O)(=O)c1ccccc1F)NCC1CCCN1. The Morgan fingerprint density at radius 3 is 2.82 bits per heavy atom. The number of hydrogen-bond donors (Lipinski definition) is 3. The van der Waals surface area contributed by atoms with Gasteiger partial charge in [0.1, 0.15) is 10.7 Å². The topological polar surface area (TPSA) is 87.3 Å². The Bertz CT molecular complexity index is 616. The van der Waals surface area contributed by atoms with E-state index in [-0.39, 0.29) is 18.9 Å². The smallest absolute Gasteiger partial charge is 0.243 e. The minimum absolute atomic E-state index is 0.0143. The van der Waals surface area contributed by atoms with Gasteiger partial charge in [-0.25, -0.2) is 17.5 Å². The number of carbonyl (C=O) groups excluding carboxylic acids is 1. The van der Waals surface area contributed by atoms with Crippen molar-refractivity contribution in [3.05, 3.63) is 30.1 Å². The van der Waals surface area contributed by atoms with Crippen molar-refractivity contribution in [2.75, 3.05) is 19.6 Å². The Morgan fingerprint density at radius 2 is 2.14 bits per heavy atom. The second-order valence-corrected chi connectivity index (χ2v) is 6.91. The molecule has 1 aromatic carbocycles. The van der Waals surface area contributed by atoms with Gasteiger partial charge in [0.25, 0.3) is 0 Å². The summed E-state index contributed by atoms with van der Waals surface area (Å²) < 4.78 is 39.5. The number of amides is 1. The molecule has 1 heterocycles. The van der Waals surface area contributed by atoms with E-state index >= 15 is 0 Å². The van der Waals surface area contributed by atoms with Gasteiger partial charge in [-0.1, -0.05) is 12.1 Å². The summed E-state index contributed by atoms with van der Waals surface area (Å²) in [6.07, 6.45) is 2.14. The molecule has 3 N–H and O–H groups in total. The Balaban J connectivity index is 1.75. The summed E-state index contributed by atoms with van der Waals surface area (Å²) >= 11 is 0. The van der Waals surface area contributed by atoms with Gasteiger partial charge >= 0.3 is 0 Å². The first kappa shape index (κ1) is 16.9. The first-order valence-corrected chi connectivity index (χ1v) is 8.71. The van der Waals surface area contributed by atoms with Gasteiger partial charge in [0, 0.05) is 25.6 Å². The van der Waals surface area contributed by atoms with E-state index in [1.807, 2.05) is 0 Å². The molecule has 1 saturated heterocycles. The van der Waals surface area contributed by atoms with Gasteiger partial charge in [0.05, 0.1) is 0 Å². The number of rotatable bonds is 7. The summed E-state index contributed by atoms with van der Waals surface area (Å²) in [7, 11) is -3.93. The summed E-state index contributed by atoms with van der Waals surface area (Å²) in [5.41, 5.74) is 0. The normalized spacial score (nSPS) is 18.3. The number of halogens is 1. The maximum atomic E-state index is 13.5. The summed E-state index contributed by atoms with van der Waals surface area (Å²) in [6.45, 7) is 1.43. The molecule has 0 saturated carbocycles. The summed E-state index contributed by atoms with van der Waals surface area (Å²) in [5.74, 6) is -1.04. The highest BCUT2D eigenvalue weighted by atomic mass is 32.2. The van der Waals surface area contributed by atoms with E-state index in [2.05, 4.69) is 15.4 Å². The van der Waals surface area contributed by atoms with Crippen molar-refractivity contribution in [3.8, 4) is 0 Å². The van der Waals surface area contributed by atoms with Crippen molar-refractivity contribution < 1.29 is 17.6 Å². The predicted octanol–water partition coefficient (Wildman–Crippen LogP) is 0.362. The van der Waals surface area contributed by atoms with Crippen molar-refractivity contribution in [1.82, 2.24) is 15.4 Å². The molecule has 0 aliphatic carbocycles. The predicted molar refractivity (Wildman–Crippen MR) is 80.2 cm³/mol. The number of carbonyl (C=O) groups is 1. The van der Waals surface area contributed by atoms with Crippen molar-refractivity contribution in [2.45, 2.75) is 30.2 Å². The van der Waals surface area contributed by atoms with Crippen LogP contribution in [0.3, 0.4) is 0 Å². The summed E-state index contributed by atoms with van der Waals surface area (Å²) in [5, 5.41) is 6.00. The molecule has 1 aliphatic rings. The van der Waals surface area contributed by atoms with E-state index in [1.54, 1.807) is 0 Å². The van der Waals surface area contributed by atoms with Crippen LogP contribution in [0, 0.1) is 5.82 Å². The largest absolute Gasteiger partial charge is 0.354 e. The molecule has 1 atom stereocenters.